The van der Waals surface area contributed by atoms with Gasteiger partial charge in [-0.2, -0.15) is 0 Å². The number of carbonyl (C=O) groups is 1. The number of hydrogen-bond donors (Lipinski definition) is 1. The van der Waals surface area contributed by atoms with E-state index in [2.05, 4.69) is 4.90 Å². The number of hydrogen-bond acceptors (Lipinski definition) is 3. The third kappa shape index (κ3) is 2.08. The summed E-state index contributed by atoms with van der Waals surface area (Å²) < 4.78 is 0. The quantitative estimate of drug-likeness (QED) is 0.812. The highest BCUT2D eigenvalue weighted by atomic mass is 16.3. The standard InChI is InChI=1S/C14H18N2O2/c17-13-5-1-3-11(9-13)14(18)16-8-7-15-6-2-4-12(15)10-16/h1,3,5,9,12,17H,2,4,6-8,10H2. The average Bonchev–Trinajstić information content (AvgIpc) is 2.85. The lowest BCUT2D eigenvalue weighted by molar-refractivity contribution is 0.0571. The molecule has 2 aliphatic heterocycles. The van der Waals surface area contributed by atoms with E-state index in [0.29, 0.717) is 11.6 Å². The minimum Gasteiger partial charge on any atom is -0.508 e. The molecule has 3 rings (SSSR count). The van der Waals surface area contributed by atoms with Gasteiger partial charge in [0.15, 0.2) is 0 Å². The zero-order valence-corrected chi connectivity index (χ0v) is 10.4. The molecule has 0 radical (unpaired) electrons. The zero-order valence-electron chi connectivity index (χ0n) is 10.4. The number of phenols is 1. The van der Waals surface area contributed by atoms with Crippen molar-refractivity contribution in [3.8, 4) is 5.75 Å². The highest BCUT2D eigenvalue weighted by Crippen LogP contribution is 2.23. The summed E-state index contributed by atoms with van der Waals surface area (Å²) in [6.07, 6.45) is 2.45. The third-order valence-corrected chi connectivity index (χ3v) is 3.97. The lowest BCUT2D eigenvalue weighted by atomic mass is 10.1. The fourth-order valence-electron chi connectivity index (χ4n) is 3.00. The van der Waals surface area contributed by atoms with Gasteiger partial charge < -0.3 is 10.0 Å². The van der Waals surface area contributed by atoms with Crippen molar-refractivity contribution in [1.29, 1.82) is 0 Å². The first-order valence-corrected chi connectivity index (χ1v) is 6.56. The molecule has 0 saturated carbocycles. The highest BCUT2D eigenvalue weighted by molar-refractivity contribution is 5.94. The molecule has 1 N–H and O–H groups in total. The molecule has 2 heterocycles. The molecule has 1 aromatic rings. The van der Waals surface area contributed by atoms with E-state index in [9.17, 15) is 9.90 Å². The van der Waals surface area contributed by atoms with Gasteiger partial charge in [0, 0.05) is 31.2 Å². The van der Waals surface area contributed by atoms with Crippen molar-refractivity contribution in [1.82, 2.24) is 9.80 Å². The molecule has 96 valence electrons. The molecule has 18 heavy (non-hydrogen) atoms. The van der Waals surface area contributed by atoms with Crippen LogP contribution in [0.1, 0.15) is 23.2 Å². The molecule has 2 fully saturated rings. The predicted molar refractivity (Wildman–Crippen MR) is 68.6 cm³/mol. The first-order chi connectivity index (χ1) is 8.74. The van der Waals surface area contributed by atoms with Gasteiger partial charge in [-0.25, -0.2) is 0 Å². The van der Waals surface area contributed by atoms with E-state index < -0.39 is 0 Å². The van der Waals surface area contributed by atoms with Crippen molar-refractivity contribution >= 4 is 5.91 Å². The molecular weight excluding hydrogens is 228 g/mol. The number of phenolic OH excluding ortho intramolecular Hbond substituents is 1. The summed E-state index contributed by atoms with van der Waals surface area (Å²) in [7, 11) is 0. The number of aromatic hydroxyl groups is 1. The lowest BCUT2D eigenvalue weighted by Crippen LogP contribution is -2.52. The van der Waals surface area contributed by atoms with Crippen molar-refractivity contribution in [2.24, 2.45) is 0 Å². The Kier molecular flexibility index (Phi) is 2.96. The van der Waals surface area contributed by atoms with Crippen LogP contribution in [0.25, 0.3) is 0 Å². The van der Waals surface area contributed by atoms with Gasteiger partial charge in [0.25, 0.3) is 5.91 Å². The SMILES string of the molecule is O=C(c1cccc(O)c1)N1CCN2CCCC2C1. The molecule has 0 spiro atoms. The monoisotopic (exact) mass is 246 g/mol. The molecule has 4 nitrogen and oxygen atoms in total. The molecule has 0 aromatic heterocycles. The van der Waals surface area contributed by atoms with Crippen LogP contribution >= 0.6 is 0 Å². The van der Waals surface area contributed by atoms with Crippen LogP contribution in [0.2, 0.25) is 0 Å². The van der Waals surface area contributed by atoms with Gasteiger partial charge in [0.05, 0.1) is 0 Å². The Morgan fingerprint density at radius 1 is 1.28 bits per heavy atom. The normalized spacial score (nSPS) is 24.0. The van der Waals surface area contributed by atoms with Gasteiger partial charge in [-0.15, -0.1) is 0 Å². The van der Waals surface area contributed by atoms with Crippen LogP contribution in [0, 0.1) is 0 Å². The van der Waals surface area contributed by atoms with Crippen LogP contribution in [0.15, 0.2) is 24.3 Å². The van der Waals surface area contributed by atoms with Crippen LogP contribution in [-0.4, -0.2) is 53.0 Å². The predicted octanol–water partition coefficient (Wildman–Crippen LogP) is 1.31. The number of nitrogens with zero attached hydrogens (tertiary/aromatic N) is 2. The van der Waals surface area contributed by atoms with E-state index in [1.165, 1.54) is 19.4 Å². The van der Waals surface area contributed by atoms with E-state index >= 15 is 0 Å². The summed E-state index contributed by atoms with van der Waals surface area (Å²) in [4.78, 5) is 16.7. The molecule has 4 heteroatoms. The number of piperazine rings is 1. The second kappa shape index (κ2) is 4.61. The Hall–Kier alpha value is -1.55. The number of amides is 1. The van der Waals surface area contributed by atoms with Crippen LogP contribution in [0.4, 0.5) is 0 Å². The second-order valence-electron chi connectivity index (χ2n) is 5.13. The minimum atomic E-state index is 0.0393. The van der Waals surface area contributed by atoms with Gasteiger partial charge in [0.1, 0.15) is 5.75 Å². The Morgan fingerprint density at radius 3 is 3.00 bits per heavy atom. The Balaban J connectivity index is 1.73. The van der Waals surface area contributed by atoms with Gasteiger partial charge in [0.2, 0.25) is 0 Å². The first kappa shape index (κ1) is 11.5. The summed E-state index contributed by atoms with van der Waals surface area (Å²) in [5.41, 5.74) is 0.585. The molecular formula is C14H18N2O2. The summed E-state index contributed by atoms with van der Waals surface area (Å²) in [5.74, 6) is 0.192. The molecule has 1 aromatic carbocycles. The third-order valence-electron chi connectivity index (χ3n) is 3.97. The largest absolute Gasteiger partial charge is 0.508 e. The van der Waals surface area contributed by atoms with Crippen molar-refractivity contribution in [2.75, 3.05) is 26.2 Å². The van der Waals surface area contributed by atoms with E-state index in [0.717, 1.165) is 19.6 Å². The van der Waals surface area contributed by atoms with Gasteiger partial charge in [-0.05, 0) is 37.6 Å². The van der Waals surface area contributed by atoms with Crippen LogP contribution in [0.5, 0.6) is 5.75 Å². The molecule has 1 atom stereocenters. The lowest BCUT2D eigenvalue weighted by Gasteiger charge is -2.37. The summed E-state index contributed by atoms with van der Waals surface area (Å²) >= 11 is 0. The number of benzene rings is 1. The summed E-state index contributed by atoms with van der Waals surface area (Å²) in [5, 5.41) is 9.43. The summed E-state index contributed by atoms with van der Waals surface area (Å²) in [6, 6.07) is 7.16. The molecule has 2 saturated heterocycles. The second-order valence-corrected chi connectivity index (χ2v) is 5.13. The fraction of sp³-hybridized carbons (Fsp3) is 0.500. The Morgan fingerprint density at radius 2 is 2.17 bits per heavy atom. The van der Waals surface area contributed by atoms with E-state index in [1.807, 2.05) is 4.90 Å². The van der Waals surface area contributed by atoms with Crippen LogP contribution < -0.4 is 0 Å². The number of carbonyl (C=O) groups excluding carboxylic acids is 1. The number of fused-ring (bicyclic) bond motifs is 1. The van der Waals surface area contributed by atoms with Crippen molar-refractivity contribution in [3.05, 3.63) is 29.8 Å². The minimum absolute atomic E-state index is 0.0393. The van der Waals surface area contributed by atoms with E-state index in [1.54, 1.807) is 24.3 Å². The van der Waals surface area contributed by atoms with Crippen molar-refractivity contribution in [3.63, 3.8) is 0 Å². The molecule has 0 bridgehead atoms. The zero-order chi connectivity index (χ0) is 12.5. The molecule has 2 aliphatic rings. The smallest absolute Gasteiger partial charge is 0.254 e. The van der Waals surface area contributed by atoms with Gasteiger partial charge in [-0.3, -0.25) is 9.69 Å². The van der Waals surface area contributed by atoms with Crippen molar-refractivity contribution < 1.29 is 9.90 Å². The van der Waals surface area contributed by atoms with Gasteiger partial charge >= 0.3 is 0 Å². The Bertz CT molecular complexity index is 461. The van der Waals surface area contributed by atoms with E-state index in [4.69, 9.17) is 0 Å². The molecule has 1 unspecified atom stereocenters. The first-order valence-electron chi connectivity index (χ1n) is 6.56. The fourth-order valence-corrected chi connectivity index (χ4v) is 3.00. The molecule has 1 amide bonds. The highest BCUT2D eigenvalue weighted by Gasteiger charge is 2.32. The van der Waals surface area contributed by atoms with E-state index in [-0.39, 0.29) is 11.7 Å². The average molecular weight is 246 g/mol. The maximum Gasteiger partial charge on any atom is 0.254 e. The van der Waals surface area contributed by atoms with Gasteiger partial charge in [-0.1, -0.05) is 6.07 Å². The van der Waals surface area contributed by atoms with Crippen LogP contribution in [-0.2, 0) is 0 Å². The maximum atomic E-state index is 12.3. The topological polar surface area (TPSA) is 43.8 Å². The van der Waals surface area contributed by atoms with Crippen LogP contribution in [0.3, 0.4) is 0 Å². The van der Waals surface area contributed by atoms with Crippen molar-refractivity contribution in [2.45, 2.75) is 18.9 Å². The maximum absolute atomic E-state index is 12.3. The summed E-state index contributed by atoms with van der Waals surface area (Å²) in [6.45, 7) is 3.79. The number of rotatable bonds is 1. The molecule has 0 aliphatic carbocycles. The Labute approximate surface area is 107 Å².